The standard InChI is InChI=1S/C21H26ClN3OS.C12H9NS/c22-17-6-7-21-19(16-17)25(18-4-1-2-5-20(18)27-21)9-3-8-23-10-12-24(13-11-23)14-15-26;1-3-7-11-9(5-1)13-10-6-2-4-8-12(10)14-11/h1-2,4-7,16,26H,3,8-15H2;1-8,13H. The number of nitrogens with one attached hydrogen (secondary N) is 1. The maximum absolute atomic E-state index is 9.08. The summed E-state index contributed by atoms with van der Waals surface area (Å²) >= 11 is 9.94. The summed E-state index contributed by atoms with van der Waals surface area (Å²) < 4.78 is 0. The first kappa shape index (κ1) is 28.5. The van der Waals surface area contributed by atoms with Crippen LogP contribution in [0.25, 0.3) is 0 Å². The summed E-state index contributed by atoms with van der Waals surface area (Å²) in [6.07, 6.45) is 1.12. The first-order valence-corrected chi connectivity index (χ1v) is 16.2. The highest BCUT2D eigenvalue weighted by molar-refractivity contribution is 8.00. The van der Waals surface area contributed by atoms with Crippen LogP contribution in [0.5, 0.6) is 0 Å². The molecule has 0 aromatic heterocycles. The van der Waals surface area contributed by atoms with Crippen molar-refractivity contribution in [1.82, 2.24) is 9.80 Å². The number of benzene rings is 4. The third-order valence-electron chi connectivity index (χ3n) is 7.59. The number of piperazine rings is 1. The zero-order valence-electron chi connectivity index (χ0n) is 23.0. The van der Waals surface area contributed by atoms with E-state index in [0.29, 0.717) is 0 Å². The van der Waals surface area contributed by atoms with E-state index in [1.807, 2.05) is 29.6 Å². The number of aliphatic hydroxyl groups excluding tert-OH is 1. The highest BCUT2D eigenvalue weighted by atomic mass is 35.5. The van der Waals surface area contributed by atoms with E-state index in [1.165, 1.54) is 42.3 Å². The third kappa shape index (κ3) is 6.88. The Balaban J connectivity index is 0.000000180. The highest BCUT2D eigenvalue weighted by Gasteiger charge is 2.24. The van der Waals surface area contributed by atoms with Crippen molar-refractivity contribution in [3.8, 4) is 0 Å². The van der Waals surface area contributed by atoms with Gasteiger partial charge in [-0.25, -0.2) is 0 Å². The highest BCUT2D eigenvalue weighted by Crippen LogP contribution is 2.48. The van der Waals surface area contributed by atoms with E-state index in [9.17, 15) is 0 Å². The van der Waals surface area contributed by atoms with E-state index >= 15 is 0 Å². The number of rotatable bonds is 6. The lowest BCUT2D eigenvalue weighted by Gasteiger charge is -2.36. The minimum atomic E-state index is 0.258. The molecule has 0 bridgehead atoms. The molecule has 3 aliphatic heterocycles. The molecule has 8 heteroatoms. The molecule has 2 N–H and O–H groups in total. The number of halogens is 1. The van der Waals surface area contributed by atoms with Crippen molar-refractivity contribution in [2.45, 2.75) is 26.0 Å². The van der Waals surface area contributed by atoms with Gasteiger partial charge in [-0.2, -0.15) is 0 Å². The molecule has 41 heavy (non-hydrogen) atoms. The monoisotopic (exact) mass is 602 g/mol. The van der Waals surface area contributed by atoms with Crippen LogP contribution in [0.1, 0.15) is 6.42 Å². The predicted octanol–water partition coefficient (Wildman–Crippen LogP) is 7.84. The molecule has 3 heterocycles. The van der Waals surface area contributed by atoms with Gasteiger partial charge in [-0.1, -0.05) is 71.5 Å². The third-order valence-corrected chi connectivity index (χ3v) is 10.1. The molecule has 0 spiro atoms. The van der Waals surface area contributed by atoms with Crippen molar-refractivity contribution in [2.24, 2.45) is 0 Å². The predicted molar refractivity (Wildman–Crippen MR) is 174 cm³/mol. The quantitative estimate of drug-likeness (QED) is 0.205. The lowest BCUT2D eigenvalue weighted by atomic mass is 10.2. The van der Waals surface area contributed by atoms with Crippen LogP contribution in [-0.2, 0) is 0 Å². The van der Waals surface area contributed by atoms with Gasteiger partial charge in [-0.05, 0) is 67.6 Å². The summed E-state index contributed by atoms with van der Waals surface area (Å²) in [6.45, 7) is 7.45. The van der Waals surface area contributed by atoms with E-state index in [2.05, 4.69) is 105 Å². The summed E-state index contributed by atoms with van der Waals surface area (Å²) in [6, 6.07) is 31.6. The minimum absolute atomic E-state index is 0.258. The van der Waals surface area contributed by atoms with Gasteiger partial charge in [0.1, 0.15) is 0 Å². The Hall–Kier alpha value is -2.65. The molecule has 4 aromatic carbocycles. The van der Waals surface area contributed by atoms with Crippen molar-refractivity contribution in [3.63, 3.8) is 0 Å². The lowest BCUT2D eigenvalue weighted by Crippen LogP contribution is -2.47. The van der Waals surface area contributed by atoms with Crippen molar-refractivity contribution in [3.05, 3.63) is 96.0 Å². The normalized spacial score (nSPS) is 15.9. The van der Waals surface area contributed by atoms with Gasteiger partial charge in [-0.15, -0.1) is 0 Å². The maximum atomic E-state index is 9.08. The zero-order chi connectivity index (χ0) is 28.0. The van der Waals surface area contributed by atoms with E-state index in [4.69, 9.17) is 16.7 Å². The summed E-state index contributed by atoms with van der Waals surface area (Å²) in [5, 5.41) is 13.3. The Kier molecular flexibility index (Phi) is 9.41. The average molecular weight is 603 g/mol. The fraction of sp³-hybridized carbons (Fsp3) is 0.273. The topological polar surface area (TPSA) is 42.0 Å². The van der Waals surface area contributed by atoms with E-state index in [1.54, 1.807) is 0 Å². The SMILES string of the molecule is OCCN1CCN(CCCN2c3ccccc3Sc3ccc(Cl)cc32)CC1.c1ccc2c(c1)Nc1ccccc1S2. The molecule has 0 radical (unpaired) electrons. The number of aliphatic hydroxyl groups is 1. The minimum Gasteiger partial charge on any atom is -0.395 e. The Bertz CT molecular complexity index is 1390. The van der Waals surface area contributed by atoms with Crippen LogP contribution in [-0.4, -0.2) is 67.3 Å². The second-order valence-corrected chi connectivity index (χ2v) is 12.9. The van der Waals surface area contributed by atoms with Crippen LogP contribution in [0, 0.1) is 0 Å². The van der Waals surface area contributed by atoms with Crippen LogP contribution in [0.15, 0.2) is 111 Å². The second kappa shape index (κ2) is 13.6. The van der Waals surface area contributed by atoms with Crippen LogP contribution in [0.2, 0.25) is 5.02 Å². The van der Waals surface area contributed by atoms with Crippen LogP contribution < -0.4 is 10.2 Å². The van der Waals surface area contributed by atoms with Crippen LogP contribution in [0.3, 0.4) is 0 Å². The zero-order valence-corrected chi connectivity index (χ0v) is 25.4. The fourth-order valence-electron chi connectivity index (χ4n) is 5.46. The largest absolute Gasteiger partial charge is 0.395 e. The maximum Gasteiger partial charge on any atom is 0.0567 e. The number of β-amino-alcohol motifs (C(OH)–C–C–N with tert-alkyl or cyclic N) is 1. The van der Waals surface area contributed by atoms with Gasteiger partial charge < -0.3 is 20.2 Å². The van der Waals surface area contributed by atoms with E-state index in [-0.39, 0.29) is 6.61 Å². The van der Waals surface area contributed by atoms with Gasteiger partial charge in [0.25, 0.3) is 0 Å². The van der Waals surface area contributed by atoms with Gasteiger partial charge in [0.2, 0.25) is 0 Å². The number of hydrogen-bond donors (Lipinski definition) is 2. The first-order valence-electron chi connectivity index (χ1n) is 14.2. The molecule has 7 rings (SSSR count). The fourth-order valence-corrected chi connectivity index (χ4v) is 7.69. The molecule has 1 fully saturated rings. The van der Waals surface area contributed by atoms with Crippen molar-refractivity contribution >= 4 is 57.9 Å². The Morgan fingerprint density at radius 1 is 0.634 bits per heavy atom. The number of fused-ring (bicyclic) bond motifs is 4. The van der Waals surface area contributed by atoms with Crippen molar-refractivity contribution < 1.29 is 5.11 Å². The molecule has 5 nitrogen and oxygen atoms in total. The molecule has 1 saturated heterocycles. The van der Waals surface area contributed by atoms with Gasteiger partial charge in [0.15, 0.2) is 0 Å². The number of hydrogen-bond acceptors (Lipinski definition) is 7. The molecule has 0 atom stereocenters. The molecule has 3 aliphatic rings. The Labute approximate surface area is 256 Å². The Morgan fingerprint density at radius 2 is 1.20 bits per heavy atom. The second-order valence-electron chi connectivity index (χ2n) is 10.3. The molecule has 0 unspecified atom stereocenters. The number of anilines is 4. The van der Waals surface area contributed by atoms with Gasteiger partial charge in [0, 0.05) is 63.9 Å². The molecule has 0 saturated carbocycles. The average Bonchev–Trinajstić information content (AvgIpc) is 3.01. The summed E-state index contributed by atoms with van der Waals surface area (Å²) in [5.41, 5.74) is 4.91. The summed E-state index contributed by atoms with van der Waals surface area (Å²) in [4.78, 5) is 12.5. The summed E-state index contributed by atoms with van der Waals surface area (Å²) in [5.74, 6) is 0. The Morgan fingerprint density at radius 3 is 1.88 bits per heavy atom. The van der Waals surface area contributed by atoms with Crippen LogP contribution in [0.4, 0.5) is 22.7 Å². The van der Waals surface area contributed by atoms with Gasteiger partial charge >= 0.3 is 0 Å². The van der Waals surface area contributed by atoms with Gasteiger partial charge in [-0.3, -0.25) is 4.90 Å². The molecular weight excluding hydrogens is 568 g/mol. The molecule has 4 aromatic rings. The smallest absolute Gasteiger partial charge is 0.0567 e. The first-order chi connectivity index (χ1) is 20.2. The van der Waals surface area contributed by atoms with E-state index < -0.39 is 0 Å². The van der Waals surface area contributed by atoms with Crippen molar-refractivity contribution in [2.75, 3.05) is 62.6 Å². The van der Waals surface area contributed by atoms with E-state index in [0.717, 1.165) is 57.3 Å². The van der Waals surface area contributed by atoms with Crippen LogP contribution >= 0.6 is 35.1 Å². The molecule has 212 valence electrons. The van der Waals surface area contributed by atoms with Crippen molar-refractivity contribution in [1.29, 1.82) is 0 Å². The number of para-hydroxylation sites is 3. The molecular formula is C33H35ClN4OS2. The summed E-state index contributed by atoms with van der Waals surface area (Å²) in [7, 11) is 0. The molecule has 0 amide bonds. The van der Waals surface area contributed by atoms with Gasteiger partial charge in [0.05, 0.1) is 29.4 Å². The lowest BCUT2D eigenvalue weighted by molar-refractivity contribution is 0.112. The number of nitrogens with zero attached hydrogens (tertiary/aromatic N) is 3. The molecule has 0 aliphatic carbocycles.